The van der Waals surface area contributed by atoms with Crippen LogP contribution < -0.4 is 14.8 Å². The van der Waals surface area contributed by atoms with Crippen molar-refractivity contribution in [2.75, 3.05) is 39.2 Å². The average Bonchev–Trinajstić information content (AvgIpc) is 3.72. The first-order chi connectivity index (χ1) is 21.8. The average molecular weight is 624 g/mol. The van der Waals surface area contributed by atoms with Gasteiger partial charge in [0.1, 0.15) is 17.0 Å². The van der Waals surface area contributed by atoms with Crippen LogP contribution in [0.5, 0.6) is 11.5 Å². The van der Waals surface area contributed by atoms with Crippen molar-refractivity contribution in [3.05, 3.63) is 99.6 Å². The predicted octanol–water partition coefficient (Wildman–Crippen LogP) is 5.57. The smallest absolute Gasteiger partial charge is 0.250 e. The molecule has 9 heteroatoms. The molecule has 0 saturated carbocycles. The van der Waals surface area contributed by atoms with Gasteiger partial charge in [0.25, 0.3) is 0 Å². The number of Topliss-reactive ketones (excluding diaryl/α,β-unsaturated/α-hetero) is 1. The third-order valence-corrected chi connectivity index (χ3v) is 9.92. The fraction of sp³-hybridized carbons (Fsp3) is 0.306. The van der Waals surface area contributed by atoms with E-state index in [9.17, 15) is 14.4 Å². The number of methoxy groups -OCH3 is 2. The molecule has 3 aromatic rings. The Morgan fingerprint density at radius 2 is 1.56 bits per heavy atom. The van der Waals surface area contributed by atoms with E-state index in [0.717, 1.165) is 36.1 Å². The summed E-state index contributed by atoms with van der Waals surface area (Å²) in [6.07, 6.45) is 6.07. The van der Waals surface area contributed by atoms with Crippen molar-refractivity contribution >= 4 is 47.0 Å². The van der Waals surface area contributed by atoms with Gasteiger partial charge in [-0.25, -0.2) is 0 Å². The van der Waals surface area contributed by atoms with Gasteiger partial charge in [0.2, 0.25) is 11.8 Å². The van der Waals surface area contributed by atoms with Gasteiger partial charge >= 0.3 is 0 Å². The number of hydrogen-bond acceptors (Lipinski definition) is 6. The molecule has 0 bridgehead atoms. The molecule has 0 aromatic heterocycles. The van der Waals surface area contributed by atoms with Crippen molar-refractivity contribution in [2.24, 2.45) is 5.92 Å². The van der Waals surface area contributed by atoms with Gasteiger partial charge in [-0.05, 0) is 62.2 Å². The van der Waals surface area contributed by atoms with Crippen LogP contribution >= 0.6 is 11.6 Å². The number of nitrogens with one attached hydrogen (secondary N) is 1. The second-order valence-corrected chi connectivity index (χ2v) is 12.5. The van der Waals surface area contributed by atoms with E-state index in [-0.39, 0.29) is 36.7 Å². The highest BCUT2D eigenvalue weighted by Crippen LogP contribution is 2.56. The Balaban J connectivity index is 1.32. The lowest BCUT2D eigenvalue weighted by Gasteiger charge is -2.39. The minimum Gasteiger partial charge on any atom is -0.496 e. The molecule has 3 aromatic carbocycles. The maximum absolute atomic E-state index is 14.8. The van der Waals surface area contributed by atoms with E-state index in [0.29, 0.717) is 39.8 Å². The van der Waals surface area contributed by atoms with E-state index >= 15 is 0 Å². The number of amides is 2. The Hall–Kier alpha value is -4.40. The number of likely N-dealkylation sites (tertiary alicyclic amines) is 1. The summed E-state index contributed by atoms with van der Waals surface area (Å²) in [6, 6.07) is 20.5. The van der Waals surface area contributed by atoms with Gasteiger partial charge in [0.15, 0.2) is 5.78 Å². The number of fused-ring (bicyclic) bond motifs is 4. The molecular formula is C36H34ClN3O5. The molecule has 0 unspecified atom stereocenters. The molecule has 4 aliphatic heterocycles. The number of rotatable bonds is 5. The lowest BCUT2D eigenvalue weighted by atomic mass is 9.77. The molecule has 3 saturated heterocycles. The fourth-order valence-electron chi connectivity index (χ4n) is 7.75. The van der Waals surface area contributed by atoms with Crippen LogP contribution in [0.2, 0.25) is 5.02 Å². The van der Waals surface area contributed by atoms with Gasteiger partial charge in [0.05, 0.1) is 20.1 Å². The van der Waals surface area contributed by atoms with Gasteiger partial charge in [-0.2, -0.15) is 0 Å². The number of piperidine rings is 1. The van der Waals surface area contributed by atoms with Crippen molar-refractivity contribution in [3.8, 4) is 11.5 Å². The second-order valence-electron chi connectivity index (χ2n) is 12.0. The highest BCUT2D eigenvalue weighted by molar-refractivity contribution is 6.31. The Kier molecular flexibility index (Phi) is 7.50. The van der Waals surface area contributed by atoms with Crippen LogP contribution in [-0.4, -0.2) is 67.3 Å². The topological polar surface area (TPSA) is 88.2 Å². The van der Waals surface area contributed by atoms with E-state index in [1.807, 2.05) is 54.6 Å². The minimum absolute atomic E-state index is 0.116. The first-order valence-electron chi connectivity index (χ1n) is 15.2. The largest absolute Gasteiger partial charge is 0.496 e. The molecule has 7 rings (SSSR count). The molecule has 1 N–H and O–H groups in total. The number of para-hydroxylation sites is 2. The Labute approximate surface area is 267 Å². The number of benzene rings is 3. The van der Waals surface area contributed by atoms with Crippen LogP contribution in [0.1, 0.15) is 36.0 Å². The normalized spacial score (nSPS) is 26.0. The molecule has 3 atom stereocenters. The maximum Gasteiger partial charge on any atom is 0.250 e. The summed E-state index contributed by atoms with van der Waals surface area (Å²) in [7, 11) is 3.18. The molecule has 45 heavy (non-hydrogen) atoms. The number of nitrogens with zero attached hydrogens (tertiary/aromatic N) is 2. The molecule has 0 radical (unpaired) electrons. The molecule has 4 aliphatic rings. The van der Waals surface area contributed by atoms with Gasteiger partial charge in [0, 0.05) is 57.7 Å². The zero-order valence-corrected chi connectivity index (χ0v) is 26.0. The molecule has 2 amide bonds. The molecule has 0 aliphatic carbocycles. The Morgan fingerprint density at radius 1 is 0.933 bits per heavy atom. The molecule has 230 valence electrons. The van der Waals surface area contributed by atoms with Crippen molar-refractivity contribution in [2.45, 2.75) is 30.8 Å². The summed E-state index contributed by atoms with van der Waals surface area (Å²) in [4.78, 5) is 46.9. The highest BCUT2D eigenvalue weighted by atomic mass is 35.5. The summed E-state index contributed by atoms with van der Waals surface area (Å²) in [5, 5.41) is 3.57. The van der Waals surface area contributed by atoms with Gasteiger partial charge in [-0.1, -0.05) is 54.1 Å². The van der Waals surface area contributed by atoms with Gasteiger partial charge < -0.3 is 19.7 Å². The molecule has 8 nitrogen and oxygen atoms in total. The van der Waals surface area contributed by atoms with Gasteiger partial charge in [-0.3, -0.25) is 19.3 Å². The van der Waals surface area contributed by atoms with Crippen molar-refractivity contribution in [1.29, 1.82) is 0 Å². The van der Waals surface area contributed by atoms with E-state index in [2.05, 4.69) is 10.2 Å². The number of ketones is 1. The summed E-state index contributed by atoms with van der Waals surface area (Å²) in [5.74, 6) is 0.154. The van der Waals surface area contributed by atoms with Crippen LogP contribution in [-0.2, 0) is 19.9 Å². The van der Waals surface area contributed by atoms with E-state index < -0.39 is 11.5 Å². The SMILES string of the molecule is COc1ccccc1/C=C1\CN(C(=O)[C@H]2C[C@H]3CCCN3[C@]23C(=O)Nc2cc(Cl)ccc23)C/C(=C\c2ccccc2OC)C1=O. The van der Waals surface area contributed by atoms with Gasteiger partial charge in [-0.15, -0.1) is 0 Å². The molecule has 4 heterocycles. The number of hydrogen-bond donors (Lipinski definition) is 1. The molecule has 1 spiro atoms. The number of carbonyl (C=O) groups excluding carboxylic acids is 3. The number of ether oxygens (including phenoxy) is 2. The van der Waals surface area contributed by atoms with Crippen molar-refractivity contribution in [1.82, 2.24) is 9.80 Å². The number of carbonyl (C=O) groups is 3. The summed E-state index contributed by atoms with van der Waals surface area (Å²) >= 11 is 6.32. The van der Waals surface area contributed by atoms with Crippen molar-refractivity contribution < 1.29 is 23.9 Å². The van der Waals surface area contributed by atoms with E-state index in [4.69, 9.17) is 21.1 Å². The minimum atomic E-state index is -1.13. The lowest BCUT2D eigenvalue weighted by Crippen LogP contribution is -2.56. The Bertz CT molecular complexity index is 1710. The summed E-state index contributed by atoms with van der Waals surface area (Å²) < 4.78 is 11.1. The third kappa shape index (κ3) is 4.75. The van der Waals surface area contributed by atoms with Crippen LogP contribution in [0.4, 0.5) is 5.69 Å². The lowest BCUT2D eigenvalue weighted by molar-refractivity contribution is -0.144. The third-order valence-electron chi connectivity index (χ3n) is 9.68. The van der Waals surface area contributed by atoms with Crippen LogP contribution in [0.3, 0.4) is 0 Å². The number of anilines is 1. The number of halogens is 1. The van der Waals surface area contributed by atoms with Crippen LogP contribution in [0, 0.1) is 5.92 Å². The monoisotopic (exact) mass is 623 g/mol. The first-order valence-corrected chi connectivity index (χ1v) is 15.6. The molecular weight excluding hydrogens is 590 g/mol. The molecule has 3 fully saturated rings. The van der Waals surface area contributed by atoms with E-state index in [1.165, 1.54) is 0 Å². The highest BCUT2D eigenvalue weighted by Gasteiger charge is 2.66. The summed E-state index contributed by atoms with van der Waals surface area (Å²) in [6.45, 7) is 0.969. The standard InChI is InChI=1S/C36H34ClN3O5/c1-44-31-11-5-3-8-22(31)16-24-20-39(21-25(33(24)41)17-23-9-4-6-12-32(23)45-2)34(42)29-19-27-10-7-15-40(27)36(29)28-14-13-26(37)18-30(28)38-35(36)43/h3-6,8-9,11-14,16-18,27,29H,7,10,15,19-21H2,1-2H3,(H,38,43)/b24-16+,25-17+/t27-,29-,36+/m1/s1. The zero-order valence-electron chi connectivity index (χ0n) is 25.2. The first kappa shape index (κ1) is 29.3. The predicted molar refractivity (Wildman–Crippen MR) is 173 cm³/mol. The van der Waals surface area contributed by atoms with Crippen molar-refractivity contribution in [3.63, 3.8) is 0 Å². The Morgan fingerprint density at radius 3 is 2.18 bits per heavy atom. The fourth-order valence-corrected chi connectivity index (χ4v) is 7.93. The van der Waals surface area contributed by atoms with Crippen LogP contribution in [0.25, 0.3) is 12.2 Å². The zero-order chi connectivity index (χ0) is 31.3. The quantitative estimate of drug-likeness (QED) is 0.374. The van der Waals surface area contributed by atoms with Crippen LogP contribution in [0.15, 0.2) is 77.9 Å². The summed E-state index contributed by atoms with van der Waals surface area (Å²) in [5.41, 5.74) is 2.74. The second kappa shape index (κ2) is 11.5. The maximum atomic E-state index is 14.8. The van der Waals surface area contributed by atoms with E-state index in [1.54, 1.807) is 43.4 Å².